The Labute approximate surface area is 123 Å². The highest BCUT2D eigenvalue weighted by Gasteiger charge is 2.10. The Hall–Kier alpha value is -2.56. The molecule has 110 valence electrons. The number of nitro groups is 1. The van der Waals surface area contributed by atoms with Gasteiger partial charge in [0.05, 0.1) is 10.6 Å². The lowest BCUT2D eigenvalue weighted by atomic mass is 9.99. The van der Waals surface area contributed by atoms with Crippen molar-refractivity contribution in [2.45, 2.75) is 26.2 Å². The Bertz CT molecular complexity index is 638. The summed E-state index contributed by atoms with van der Waals surface area (Å²) >= 11 is 0. The van der Waals surface area contributed by atoms with Crippen molar-refractivity contribution < 1.29 is 9.66 Å². The fourth-order valence-electron chi connectivity index (χ4n) is 1.97. The Morgan fingerprint density at radius 2 is 1.90 bits per heavy atom. The standard InChI is InChI=1S/C16H18N2O3/c1-3-11(2)12-4-7-14(8-5-12)21-16-9-6-13(18(19)20)10-15(16)17/h4-11H,3,17H2,1-2H3. The van der Waals surface area contributed by atoms with E-state index in [1.165, 1.54) is 23.8 Å². The van der Waals surface area contributed by atoms with Gasteiger partial charge in [0.1, 0.15) is 5.75 Å². The Kier molecular flexibility index (Phi) is 4.42. The van der Waals surface area contributed by atoms with Gasteiger partial charge in [-0.15, -0.1) is 0 Å². The molecule has 5 nitrogen and oxygen atoms in total. The number of nitrogen functional groups attached to an aromatic ring is 1. The average Bonchev–Trinajstić information content (AvgIpc) is 2.49. The van der Waals surface area contributed by atoms with Crippen molar-refractivity contribution in [3.63, 3.8) is 0 Å². The zero-order chi connectivity index (χ0) is 15.4. The lowest BCUT2D eigenvalue weighted by molar-refractivity contribution is -0.384. The molecule has 2 aromatic carbocycles. The van der Waals surface area contributed by atoms with Crippen LogP contribution >= 0.6 is 0 Å². The van der Waals surface area contributed by atoms with Crippen molar-refractivity contribution >= 4 is 11.4 Å². The van der Waals surface area contributed by atoms with Crippen LogP contribution in [0.3, 0.4) is 0 Å². The molecule has 0 saturated heterocycles. The van der Waals surface area contributed by atoms with Crippen molar-refractivity contribution in [2.75, 3.05) is 5.73 Å². The molecule has 0 aliphatic rings. The van der Waals surface area contributed by atoms with E-state index in [1.807, 2.05) is 24.3 Å². The first-order valence-electron chi connectivity index (χ1n) is 6.83. The molecule has 0 aliphatic carbocycles. The zero-order valence-electron chi connectivity index (χ0n) is 12.1. The van der Waals surface area contributed by atoms with Crippen LogP contribution in [0.25, 0.3) is 0 Å². The number of ether oxygens (including phenoxy) is 1. The highest BCUT2D eigenvalue weighted by molar-refractivity contribution is 5.59. The van der Waals surface area contributed by atoms with Crippen molar-refractivity contribution in [1.29, 1.82) is 0 Å². The van der Waals surface area contributed by atoms with E-state index in [-0.39, 0.29) is 11.4 Å². The minimum Gasteiger partial charge on any atom is -0.455 e. The van der Waals surface area contributed by atoms with Gasteiger partial charge in [0.15, 0.2) is 5.75 Å². The van der Waals surface area contributed by atoms with Gasteiger partial charge in [0.25, 0.3) is 5.69 Å². The molecule has 0 spiro atoms. The fraction of sp³-hybridized carbons (Fsp3) is 0.250. The van der Waals surface area contributed by atoms with Crippen molar-refractivity contribution in [3.8, 4) is 11.5 Å². The van der Waals surface area contributed by atoms with Gasteiger partial charge in [-0.2, -0.15) is 0 Å². The monoisotopic (exact) mass is 286 g/mol. The van der Waals surface area contributed by atoms with Gasteiger partial charge >= 0.3 is 0 Å². The Balaban J connectivity index is 2.16. The summed E-state index contributed by atoms with van der Waals surface area (Å²) in [5.74, 6) is 1.57. The van der Waals surface area contributed by atoms with Crippen LogP contribution in [-0.4, -0.2) is 4.92 Å². The van der Waals surface area contributed by atoms with E-state index in [9.17, 15) is 10.1 Å². The van der Waals surface area contributed by atoms with Gasteiger partial charge in [-0.3, -0.25) is 10.1 Å². The van der Waals surface area contributed by atoms with Crippen LogP contribution in [-0.2, 0) is 0 Å². The van der Waals surface area contributed by atoms with Gasteiger partial charge in [0, 0.05) is 12.1 Å². The average molecular weight is 286 g/mol. The number of anilines is 1. The summed E-state index contributed by atoms with van der Waals surface area (Å²) in [6, 6.07) is 12.0. The summed E-state index contributed by atoms with van der Waals surface area (Å²) in [5, 5.41) is 10.7. The van der Waals surface area contributed by atoms with E-state index in [4.69, 9.17) is 10.5 Å². The number of nitrogens with zero attached hydrogens (tertiary/aromatic N) is 1. The summed E-state index contributed by atoms with van der Waals surface area (Å²) in [4.78, 5) is 10.2. The van der Waals surface area contributed by atoms with E-state index < -0.39 is 4.92 Å². The number of hydrogen-bond acceptors (Lipinski definition) is 4. The van der Waals surface area contributed by atoms with Gasteiger partial charge in [0.2, 0.25) is 0 Å². The highest BCUT2D eigenvalue weighted by atomic mass is 16.6. The number of nitrogens with two attached hydrogens (primary N) is 1. The molecule has 0 heterocycles. The van der Waals surface area contributed by atoms with Crippen molar-refractivity contribution in [2.24, 2.45) is 0 Å². The normalized spacial score (nSPS) is 11.9. The van der Waals surface area contributed by atoms with Crippen molar-refractivity contribution in [1.82, 2.24) is 0 Å². The van der Waals surface area contributed by atoms with Gasteiger partial charge in [-0.25, -0.2) is 0 Å². The molecule has 0 fully saturated rings. The third kappa shape index (κ3) is 3.51. The molecular weight excluding hydrogens is 268 g/mol. The quantitative estimate of drug-likeness (QED) is 0.499. The second-order valence-electron chi connectivity index (χ2n) is 4.96. The second kappa shape index (κ2) is 6.26. The Morgan fingerprint density at radius 1 is 1.24 bits per heavy atom. The van der Waals surface area contributed by atoms with Gasteiger partial charge in [-0.1, -0.05) is 26.0 Å². The number of nitro benzene ring substituents is 1. The first-order chi connectivity index (χ1) is 10.0. The Morgan fingerprint density at radius 3 is 2.43 bits per heavy atom. The predicted molar refractivity (Wildman–Crippen MR) is 82.7 cm³/mol. The molecule has 1 atom stereocenters. The first kappa shape index (κ1) is 14.8. The van der Waals surface area contributed by atoms with E-state index >= 15 is 0 Å². The molecule has 0 radical (unpaired) electrons. The predicted octanol–water partition coefficient (Wildman–Crippen LogP) is 4.48. The minimum absolute atomic E-state index is 0.0491. The second-order valence-corrected chi connectivity index (χ2v) is 4.96. The minimum atomic E-state index is -0.485. The lowest BCUT2D eigenvalue weighted by Gasteiger charge is -2.11. The molecule has 21 heavy (non-hydrogen) atoms. The van der Waals surface area contributed by atoms with Crippen LogP contribution < -0.4 is 10.5 Å². The molecule has 5 heteroatoms. The zero-order valence-corrected chi connectivity index (χ0v) is 12.1. The summed E-state index contributed by atoms with van der Waals surface area (Å²) in [5.41, 5.74) is 7.23. The molecule has 0 amide bonds. The molecule has 2 N–H and O–H groups in total. The lowest BCUT2D eigenvalue weighted by Crippen LogP contribution is -1.95. The summed E-state index contributed by atoms with van der Waals surface area (Å²) in [6.07, 6.45) is 1.08. The van der Waals surface area contributed by atoms with E-state index in [0.717, 1.165) is 6.42 Å². The largest absolute Gasteiger partial charge is 0.455 e. The molecule has 2 rings (SSSR count). The number of rotatable bonds is 5. The maximum Gasteiger partial charge on any atom is 0.271 e. The smallest absolute Gasteiger partial charge is 0.271 e. The van der Waals surface area contributed by atoms with E-state index in [0.29, 0.717) is 17.4 Å². The van der Waals surface area contributed by atoms with E-state index in [2.05, 4.69) is 13.8 Å². The topological polar surface area (TPSA) is 78.4 Å². The van der Waals surface area contributed by atoms with E-state index in [1.54, 1.807) is 0 Å². The third-order valence-corrected chi connectivity index (χ3v) is 3.49. The molecule has 2 aromatic rings. The number of benzene rings is 2. The fourth-order valence-corrected chi connectivity index (χ4v) is 1.97. The molecule has 1 unspecified atom stereocenters. The molecular formula is C16H18N2O3. The highest BCUT2D eigenvalue weighted by Crippen LogP contribution is 2.31. The third-order valence-electron chi connectivity index (χ3n) is 3.49. The molecule has 0 bridgehead atoms. The van der Waals surface area contributed by atoms with Crippen LogP contribution in [0.2, 0.25) is 0 Å². The van der Waals surface area contributed by atoms with Crippen LogP contribution in [0.15, 0.2) is 42.5 Å². The van der Waals surface area contributed by atoms with Crippen LogP contribution in [0, 0.1) is 10.1 Å². The van der Waals surface area contributed by atoms with Gasteiger partial charge in [-0.05, 0) is 36.1 Å². The summed E-state index contributed by atoms with van der Waals surface area (Å²) < 4.78 is 5.66. The maximum absolute atomic E-state index is 10.7. The van der Waals surface area contributed by atoms with Crippen LogP contribution in [0.4, 0.5) is 11.4 Å². The molecule has 0 aromatic heterocycles. The number of hydrogen-bond donors (Lipinski definition) is 1. The SMILES string of the molecule is CCC(C)c1ccc(Oc2ccc([N+](=O)[O-])cc2N)cc1. The number of non-ortho nitro benzene ring substituents is 1. The summed E-state index contributed by atoms with van der Waals surface area (Å²) in [7, 11) is 0. The maximum atomic E-state index is 10.7. The molecule has 0 saturated carbocycles. The first-order valence-corrected chi connectivity index (χ1v) is 6.83. The van der Waals surface area contributed by atoms with Crippen LogP contribution in [0.1, 0.15) is 31.7 Å². The van der Waals surface area contributed by atoms with Crippen molar-refractivity contribution in [3.05, 3.63) is 58.1 Å². The molecule has 0 aliphatic heterocycles. The van der Waals surface area contributed by atoms with Crippen LogP contribution in [0.5, 0.6) is 11.5 Å². The summed E-state index contributed by atoms with van der Waals surface area (Å²) in [6.45, 7) is 4.32. The van der Waals surface area contributed by atoms with Gasteiger partial charge < -0.3 is 10.5 Å².